The summed E-state index contributed by atoms with van der Waals surface area (Å²) in [7, 11) is 1.56. The van der Waals surface area contributed by atoms with Gasteiger partial charge in [0.2, 0.25) is 5.91 Å². The van der Waals surface area contributed by atoms with Gasteiger partial charge in [0.05, 0.1) is 13.0 Å². The Kier molecular flexibility index (Phi) is 5.76. The third-order valence-electron chi connectivity index (χ3n) is 4.35. The predicted molar refractivity (Wildman–Crippen MR) is 100 cm³/mol. The van der Waals surface area contributed by atoms with Gasteiger partial charge in [-0.1, -0.05) is 11.6 Å². The summed E-state index contributed by atoms with van der Waals surface area (Å²) in [5, 5.41) is 0.520. The van der Waals surface area contributed by atoms with Crippen LogP contribution < -0.4 is 9.64 Å². The monoisotopic (exact) mass is 387 g/mol. The van der Waals surface area contributed by atoms with Crippen molar-refractivity contribution in [3.8, 4) is 5.75 Å². The highest BCUT2D eigenvalue weighted by Crippen LogP contribution is 2.27. The van der Waals surface area contributed by atoms with Gasteiger partial charge in [-0.3, -0.25) is 14.4 Å². The van der Waals surface area contributed by atoms with Gasteiger partial charge in [-0.15, -0.1) is 0 Å². The average Bonchev–Trinajstić information content (AvgIpc) is 3.08. The van der Waals surface area contributed by atoms with Gasteiger partial charge >= 0.3 is 5.97 Å². The smallest absolute Gasteiger partial charge is 0.311 e. The van der Waals surface area contributed by atoms with Gasteiger partial charge in [-0.2, -0.15) is 0 Å². The van der Waals surface area contributed by atoms with E-state index in [1.165, 1.54) is 4.90 Å². The molecule has 0 saturated carbocycles. The maximum Gasteiger partial charge on any atom is 0.311 e. The number of ketones is 1. The molecule has 27 heavy (non-hydrogen) atoms. The summed E-state index contributed by atoms with van der Waals surface area (Å²) >= 11 is 5.78. The van der Waals surface area contributed by atoms with Crippen LogP contribution in [0.25, 0.3) is 0 Å². The lowest BCUT2D eigenvalue weighted by Crippen LogP contribution is -2.27. The molecule has 1 aliphatic rings. The molecule has 1 aliphatic heterocycles. The van der Waals surface area contributed by atoms with E-state index in [1.807, 2.05) is 0 Å². The number of rotatable bonds is 6. The Hall–Kier alpha value is -2.86. The number of hydrogen-bond donors (Lipinski definition) is 0. The van der Waals surface area contributed by atoms with Crippen LogP contribution in [0.4, 0.5) is 5.69 Å². The summed E-state index contributed by atoms with van der Waals surface area (Å²) in [4.78, 5) is 38.1. The lowest BCUT2D eigenvalue weighted by molar-refractivity contribution is -0.147. The largest absolute Gasteiger partial charge is 0.497 e. The molecule has 1 atom stereocenters. The first-order chi connectivity index (χ1) is 13.0. The molecule has 2 aromatic carbocycles. The van der Waals surface area contributed by atoms with E-state index in [-0.39, 0.29) is 31.3 Å². The highest BCUT2D eigenvalue weighted by molar-refractivity contribution is 6.30. The first-order valence-corrected chi connectivity index (χ1v) is 8.75. The van der Waals surface area contributed by atoms with Gasteiger partial charge < -0.3 is 14.4 Å². The molecule has 2 aromatic rings. The van der Waals surface area contributed by atoms with Crippen molar-refractivity contribution < 1.29 is 23.9 Å². The molecule has 0 bridgehead atoms. The number of carbonyl (C=O) groups excluding carboxylic acids is 3. The van der Waals surface area contributed by atoms with Crippen molar-refractivity contribution in [2.75, 3.05) is 25.2 Å². The number of esters is 1. The van der Waals surface area contributed by atoms with E-state index in [9.17, 15) is 14.4 Å². The van der Waals surface area contributed by atoms with E-state index in [4.69, 9.17) is 21.1 Å². The van der Waals surface area contributed by atoms with Gasteiger partial charge in [-0.25, -0.2) is 0 Å². The van der Waals surface area contributed by atoms with E-state index in [0.29, 0.717) is 22.0 Å². The van der Waals surface area contributed by atoms with E-state index in [1.54, 1.807) is 55.6 Å². The number of carbonyl (C=O) groups is 3. The second kappa shape index (κ2) is 8.22. The van der Waals surface area contributed by atoms with Crippen molar-refractivity contribution in [1.29, 1.82) is 0 Å². The Balaban J connectivity index is 1.56. The molecule has 1 heterocycles. The van der Waals surface area contributed by atoms with Crippen molar-refractivity contribution in [2.24, 2.45) is 5.92 Å². The first kappa shape index (κ1) is 18.9. The summed E-state index contributed by atoms with van der Waals surface area (Å²) in [5.41, 5.74) is 1.10. The normalized spacial score (nSPS) is 16.3. The number of Topliss-reactive ketones (excluding diaryl/α,β-unsaturated/α-hetero) is 1. The number of methoxy groups -OCH3 is 1. The number of ether oxygens (including phenoxy) is 2. The van der Waals surface area contributed by atoms with Crippen LogP contribution in [0.1, 0.15) is 16.8 Å². The number of hydrogen-bond acceptors (Lipinski definition) is 5. The minimum atomic E-state index is -0.599. The topological polar surface area (TPSA) is 72.9 Å². The Morgan fingerprint density at radius 2 is 1.78 bits per heavy atom. The quantitative estimate of drug-likeness (QED) is 0.562. The summed E-state index contributed by atoms with van der Waals surface area (Å²) in [5.74, 6) is -0.955. The van der Waals surface area contributed by atoms with Gasteiger partial charge in [0.25, 0.3) is 0 Å². The number of anilines is 1. The second-order valence-electron chi connectivity index (χ2n) is 6.14. The molecule has 1 saturated heterocycles. The lowest BCUT2D eigenvalue weighted by atomic mass is 10.1. The molecule has 1 amide bonds. The lowest BCUT2D eigenvalue weighted by Gasteiger charge is -2.16. The van der Waals surface area contributed by atoms with Gasteiger partial charge in [0, 0.05) is 29.2 Å². The highest BCUT2D eigenvalue weighted by atomic mass is 35.5. The molecule has 0 aromatic heterocycles. The van der Waals surface area contributed by atoms with E-state index in [2.05, 4.69) is 0 Å². The van der Waals surface area contributed by atoms with Gasteiger partial charge in [0.1, 0.15) is 5.75 Å². The third kappa shape index (κ3) is 4.46. The van der Waals surface area contributed by atoms with Crippen LogP contribution in [0.15, 0.2) is 48.5 Å². The number of nitrogens with zero attached hydrogens (tertiary/aromatic N) is 1. The minimum Gasteiger partial charge on any atom is -0.497 e. The fourth-order valence-corrected chi connectivity index (χ4v) is 2.98. The zero-order valence-corrected chi connectivity index (χ0v) is 15.4. The Labute approximate surface area is 161 Å². The SMILES string of the molecule is COc1ccc(N2C[C@H](C(=O)OCC(=O)c3ccc(Cl)cc3)CC2=O)cc1. The Bertz CT molecular complexity index is 848. The van der Waals surface area contributed by atoms with E-state index >= 15 is 0 Å². The zero-order chi connectivity index (χ0) is 19.4. The molecule has 1 fully saturated rings. The molecular formula is C20H18ClNO5. The van der Waals surface area contributed by atoms with Crippen LogP contribution in [0.2, 0.25) is 5.02 Å². The first-order valence-electron chi connectivity index (χ1n) is 8.37. The standard InChI is InChI=1S/C20H18ClNO5/c1-26-17-8-6-16(7-9-17)22-11-14(10-19(22)24)20(25)27-12-18(23)13-2-4-15(21)5-3-13/h2-9,14H,10-12H2,1H3/t14-/m1/s1. The second-order valence-corrected chi connectivity index (χ2v) is 6.58. The van der Waals surface area contributed by atoms with Gasteiger partial charge in [-0.05, 0) is 48.5 Å². The molecule has 0 N–H and O–H groups in total. The summed E-state index contributed by atoms with van der Waals surface area (Å²) < 4.78 is 10.2. The number of halogens is 1. The predicted octanol–water partition coefficient (Wildman–Crippen LogP) is 3.13. The Morgan fingerprint density at radius 3 is 2.41 bits per heavy atom. The van der Waals surface area contributed by atoms with Crippen molar-refractivity contribution in [2.45, 2.75) is 6.42 Å². The van der Waals surface area contributed by atoms with Crippen LogP contribution >= 0.6 is 11.6 Å². The van der Waals surface area contributed by atoms with Gasteiger partial charge in [0.15, 0.2) is 12.4 Å². The van der Waals surface area contributed by atoms with Crippen molar-refractivity contribution >= 4 is 34.9 Å². The Morgan fingerprint density at radius 1 is 1.11 bits per heavy atom. The number of benzene rings is 2. The average molecular weight is 388 g/mol. The van der Waals surface area contributed by atoms with E-state index in [0.717, 1.165) is 0 Å². The molecular weight excluding hydrogens is 370 g/mol. The fourth-order valence-electron chi connectivity index (χ4n) is 2.85. The highest BCUT2D eigenvalue weighted by Gasteiger charge is 2.36. The van der Waals surface area contributed by atoms with Crippen LogP contribution in [0, 0.1) is 5.92 Å². The molecule has 7 heteroatoms. The van der Waals surface area contributed by atoms with Crippen molar-refractivity contribution in [3.05, 3.63) is 59.1 Å². The molecule has 140 valence electrons. The summed E-state index contributed by atoms with van der Waals surface area (Å²) in [6.07, 6.45) is 0.0556. The van der Waals surface area contributed by atoms with Crippen LogP contribution in [0.3, 0.4) is 0 Å². The van der Waals surface area contributed by atoms with Crippen molar-refractivity contribution in [3.63, 3.8) is 0 Å². The maximum atomic E-state index is 12.3. The molecule has 0 spiro atoms. The molecule has 6 nitrogen and oxygen atoms in total. The third-order valence-corrected chi connectivity index (χ3v) is 4.61. The van der Waals surface area contributed by atoms with E-state index < -0.39 is 11.9 Å². The molecule has 0 radical (unpaired) electrons. The fraction of sp³-hybridized carbons (Fsp3) is 0.250. The summed E-state index contributed by atoms with van der Waals surface area (Å²) in [6, 6.07) is 13.4. The molecule has 0 aliphatic carbocycles. The van der Waals surface area contributed by atoms with Crippen LogP contribution in [-0.2, 0) is 14.3 Å². The number of amides is 1. The maximum absolute atomic E-state index is 12.3. The van der Waals surface area contributed by atoms with Crippen LogP contribution in [-0.4, -0.2) is 37.9 Å². The zero-order valence-electron chi connectivity index (χ0n) is 14.7. The molecule has 0 unspecified atom stereocenters. The summed E-state index contributed by atoms with van der Waals surface area (Å²) in [6.45, 7) is -0.146. The minimum absolute atomic E-state index is 0.0556. The van der Waals surface area contributed by atoms with Crippen LogP contribution in [0.5, 0.6) is 5.75 Å². The van der Waals surface area contributed by atoms with Crippen molar-refractivity contribution in [1.82, 2.24) is 0 Å². The molecule has 3 rings (SSSR count).